The first-order valence-electron chi connectivity index (χ1n) is 13.7. The normalized spacial score (nSPS) is 14.2. The van der Waals surface area contributed by atoms with E-state index in [0.717, 1.165) is 31.5 Å². The minimum atomic E-state index is -0.284. The highest BCUT2D eigenvalue weighted by Crippen LogP contribution is 2.30. The standard InChI is InChI=1S/C32H39N3O4/c1-24(2)34-19-17-25(18-20-34)21-33-31(36)22-35(32(37)27-13-15-28(38-3)16-14-27)29-11-7-8-12-30(29)39-23-26-9-5-4-6-10-26/h4-16,24-25H,17-23H2,1-3H3,(H,33,36). The maximum absolute atomic E-state index is 13.8. The summed E-state index contributed by atoms with van der Waals surface area (Å²) in [6.45, 7) is 7.39. The molecule has 0 unspecified atom stereocenters. The van der Waals surface area contributed by atoms with Crippen LogP contribution in [0.5, 0.6) is 11.5 Å². The number of methoxy groups -OCH3 is 1. The number of carbonyl (C=O) groups is 2. The Morgan fingerprint density at radius 2 is 1.62 bits per heavy atom. The summed E-state index contributed by atoms with van der Waals surface area (Å²) in [5, 5.41) is 3.09. The first kappa shape index (κ1) is 28.2. The number of piperidine rings is 1. The smallest absolute Gasteiger partial charge is 0.258 e. The van der Waals surface area contributed by atoms with E-state index in [-0.39, 0.29) is 18.4 Å². The maximum Gasteiger partial charge on any atom is 0.258 e. The molecule has 3 aromatic carbocycles. The predicted octanol–water partition coefficient (Wildman–Crippen LogP) is 5.16. The Balaban J connectivity index is 1.50. The van der Waals surface area contributed by atoms with Gasteiger partial charge in [-0.2, -0.15) is 0 Å². The monoisotopic (exact) mass is 529 g/mol. The number of nitrogens with one attached hydrogen (secondary N) is 1. The molecule has 4 rings (SSSR count). The van der Waals surface area contributed by atoms with E-state index >= 15 is 0 Å². The zero-order valence-electron chi connectivity index (χ0n) is 23.1. The van der Waals surface area contributed by atoms with Gasteiger partial charge in [-0.25, -0.2) is 0 Å². The average molecular weight is 530 g/mol. The topological polar surface area (TPSA) is 71.1 Å². The van der Waals surface area contributed by atoms with Crippen LogP contribution in [0.15, 0.2) is 78.9 Å². The van der Waals surface area contributed by atoms with E-state index in [4.69, 9.17) is 9.47 Å². The molecule has 1 aliphatic rings. The molecular formula is C32H39N3O4. The summed E-state index contributed by atoms with van der Waals surface area (Å²) in [6.07, 6.45) is 2.12. The Kier molecular flexibility index (Phi) is 9.97. The molecule has 39 heavy (non-hydrogen) atoms. The molecule has 0 aliphatic carbocycles. The van der Waals surface area contributed by atoms with Gasteiger partial charge in [0.05, 0.1) is 12.8 Å². The van der Waals surface area contributed by atoms with Crippen molar-refractivity contribution in [2.24, 2.45) is 5.92 Å². The van der Waals surface area contributed by atoms with E-state index in [1.54, 1.807) is 31.4 Å². The number of para-hydroxylation sites is 2. The fourth-order valence-corrected chi connectivity index (χ4v) is 4.82. The molecule has 1 saturated heterocycles. The van der Waals surface area contributed by atoms with Gasteiger partial charge in [-0.3, -0.25) is 14.5 Å². The van der Waals surface area contributed by atoms with Gasteiger partial charge in [0, 0.05) is 18.2 Å². The zero-order valence-corrected chi connectivity index (χ0v) is 23.1. The second-order valence-electron chi connectivity index (χ2n) is 10.2. The van der Waals surface area contributed by atoms with Crippen molar-refractivity contribution in [3.8, 4) is 11.5 Å². The molecule has 2 amide bonds. The Labute approximate surface area is 231 Å². The predicted molar refractivity (Wildman–Crippen MR) is 154 cm³/mol. The largest absolute Gasteiger partial charge is 0.497 e. The van der Waals surface area contributed by atoms with Gasteiger partial charge in [0.2, 0.25) is 5.91 Å². The highest BCUT2D eigenvalue weighted by Gasteiger charge is 2.25. The van der Waals surface area contributed by atoms with Crippen molar-refractivity contribution in [3.63, 3.8) is 0 Å². The van der Waals surface area contributed by atoms with Crippen LogP contribution in [-0.4, -0.2) is 56.0 Å². The average Bonchev–Trinajstić information content (AvgIpc) is 2.98. The summed E-state index contributed by atoms with van der Waals surface area (Å²) >= 11 is 0. The molecular weight excluding hydrogens is 490 g/mol. The molecule has 0 radical (unpaired) electrons. The third-order valence-electron chi connectivity index (χ3n) is 7.24. The zero-order chi connectivity index (χ0) is 27.6. The minimum Gasteiger partial charge on any atom is -0.497 e. The van der Waals surface area contributed by atoms with Gasteiger partial charge in [-0.05, 0) is 87.7 Å². The molecule has 1 heterocycles. The molecule has 1 aliphatic heterocycles. The molecule has 1 N–H and O–H groups in total. The highest BCUT2D eigenvalue weighted by molar-refractivity contribution is 6.09. The van der Waals surface area contributed by atoms with E-state index in [9.17, 15) is 9.59 Å². The Morgan fingerprint density at radius 1 is 0.949 bits per heavy atom. The van der Waals surface area contributed by atoms with E-state index in [1.807, 2.05) is 54.6 Å². The van der Waals surface area contributed by atoms with Crippen LogP contribution in [-0.2, 0) is 11.4 Å². The molecule has 3 aromatic rings. The van der Waals surface area contributed by atoms with Crippen LogP contribution in [0.2, 0.25) is 0 Å². The van der Waals surface area contributed by atoms with Gasteiger partial charge >= 0.3 is 0 Å². The number of hydrogen-bond acceptors (Lipinski definition) is 5. The number of nitrogens with zero attached hydrogens (tertiary/aromatic N) is 2. The molecule has 0 saturated carbocycles. The van der Waals surface area contributed by atoms with Gasteiger partial charge < -0.3 is 19.7 Å². The van der Waals surface area contributed by atoms with Crippen molar-refractivity contribution >= 4 is 17.5 Å². The maximum atomic E-state index is 13.8. The summed E-state index contributed by atoms with van der Waals surface area (Å²) in [6, 6.07) is 24.7. The number of rotatable bonds is 11. The van der Waals surface area contributed by atoms with E-state index in [1.165, 1.54) is 4.90 Å². The van der Waals surface area contributed by atoms with Crippen LogP contribution in [0, 0.1) is 5.92 Å². The second kappa shape index (κ2) is 13.8. The Bertz CT molecular complexity index is 1210. The third-order valence-corrected chi connectivity index (χ3v) is 7.24. The summed E-state index contributed by atoms with van der Waals surface area (Å²) < 4.78 is 11.4. The van der Waals surface area contributed by atoms with Gasteiger partial charge in [0.15, 0.2) is 0 Å². The van der Waals surface area contributed by atoms with Crippen molar-refractivity contribution < 1.29 is 19.1 Å². The molecule has 7 nitrogen and oxygen atoms in total. The van der Waals surface area contributed by atoms with Crippen molar-refractivity contribution in [1.29, 1.82) is 0 Å². The minimum absolute atomic E-state index is 0.110. The lowest BCUT2D eigenvalue weighted by Gasteiger charge is -2.34. The lowest BCUT2D eigenvalue weighted by molar-refractivity contribution is -0.120. The third kappa shape index (κ3) is 7.83. The van der Waals surface area contributed by atoms with Crippen LogP contribution >= 0.6 is 0 Å². The summed E-state index contributed by atoms with van der Waals surface area (Å²) in [7, 11) is 1.58. The van der Waals surface area contributed by atoms with Gasteiger partial charge in [0.25, 0.3) is 5.91 Å². The van der Waals surface area contributed by atoms with Crippen LogP contribution in [0.3, 0.4) is 0 Å². The van der Waals surface area contributed by atoms with Crippen LogP contribution in [0.25, 0.3) is 0 Å². The van der Waals surface area contributed by atoms with Gasteiger partial charge in [-0.1, -0.05) is 42.5 Å². The van der Waals surface area contributed by atoms with E-state index in [0.29, 0.717) is 47.9 Å². The second-order valence-corrected chi connectivity index (χ2v) is 10.2. The first-order valence-corrected chi connectivity index (χ1v) is 13.7. The van der Waals surface area contributed by atoms with E-state index in [2.05, 4.69) is 24.1 Å². The molecule has 206 valence electrons. The Morgan fingerprint density at radius 3 is 2.28 bits per heavy atom. The lowest BCUT2D eigenvalue weighted by Crippen LogP contribution is -2.44. The number of amides is 2. The molecule has 0 bridgehead atoms. The summed E-state index contributed by atoms with van der Waals surface area (Å²) in [4.78, 5) is 30.9. The van der Waals surface area contributed by atoms with Crippen LogP contribution in [0.4, 0.5) is 5.69 Å². The fourth-order valence-electron chi connectivity index (χ4n) is 4.82. The first-order chi connectivity index (χ1) is 18.9. The van der Waals surface area contributed by atoms with Crippen molar-refractivity contribution in [2.45, 2.75) is 39.3 Å². The van der Waals surface area contributed by atoms with Crippen molar-refractivity contribution in [2.75, 3.05) is 38.2 Å². The molecule has 1 fully saturated rings. The SMILES string of the molecule is COc1ccc(C(=O)N(CC(=O)NCC2CCN(C(C)C)CC2)c2ccccc2OCc2ccccc2)cc1. The number of anilines is 1. The fraction of sp³-hybridized carbons (Fsp3) is 0.375. The van der Waals surface area contributed by atoms with Crippen molar-refractivity contribution in [3.05, 3.63) is 90.0 Å². The van der Waals surface area contributed by atoms with E-state index < -0.39 is 0 Å². The van der Waals surface area contributed by atoms with Gasteiger partial charge in [0.1, 0.15) is 24.7 Å². The molecule has 0 atom stereocenters. The number of benzene rings is 3. The highest BCUT2D eigenvalue weighted by atomic mass is 16.5. The lowest BCUT2D eigenvalue weighted by atomic mass is 9.96. The number of ether oxygens (including phenoxy) is 2. The summed E-state index contributed by atoms with van der Waals surface area (Å²) in [5.74, 6) is 1.16. The van der Waals surface area contributed by atoms with Gasteiger partial charge in [-0.15, -0.1) is 0 Å². The Hall–Kier alpha value is -3.84. The quantitative estimate of drug-likeness (QED) is 0.372. The summed E-state index contributed by atoms with van der Waals surface area (Å²) in [5.41, 5.74) is 2.03. The van der Waals surface area contributed by atoms with Crippen LogP contribution in [0.1, 0.15) is 42.6 Å². The molecule has 0 aromatic heterocycles. The van der Waals surface area contributed by atoms with Crippen LogP contribution < -0.4 is 19.7 Å². The van der Waals surface area contributed by atoms with Crippen molar-refractivity contribution in [1.82, 2.24) is 10.2 Å². The molecule has 7 heteroatoms. The number of hydrogen-bond donors (Lipinski definition) is 1. The number of carbonyl (C=O) groups excluding carboxylic acids is 2. The molecule has 0 spiro atoms. The number of likely N-dealkylation sites (tertiary alicyclic amines) is 1.